The van der Waals surface area contributed by atoms with Gasteiger partial charge in [-0.3, -0.25) is 14.7 Å². The quantitative estimate of drug-likeness (QED) is 0.781. The second-order valence-electron chi connectivity index (χ2n) is 6.13. The summed E-state index contributed by atoms with van der Waals surface area (Å²) in [5.41, 5.74) is 2.39. The van der Waals surface area contributed by atoms with Gasteiger partial charge >= 0.3 is 0 Å². The van der Waals surface area contributed by atoms with Crippen LogP contribution < -0.4 is 5.32 Å². The lowest BCUT2D eigenvalue weighted by molar-refractivity contribution is -0.129. The largest absolute Gasteiger partial charge is 0.359 e. The lowest BCUT2D eigenvalue weighted by Crippen LogP contribution is -2.49. The molecule has 1 unspecified atom stereocenters. The van der Waals surface area contributed by atoms with Crippen LogP contribution in [0.1, 0.15) is 17.4 Å². The van der Waals surface area contributed by atoms with Gasteiger partial charge in [-0.05, 0) is 29.8 Å². The second-order valence-corrected chi connectivity index (χ2v) is 6.13. The van der Waals surface area contributed by atoms with E-state index in [0.29, 0.717) is 25.4 Å². The SMILES string of the molecule is O=C1NCCN(Cc2cc(-c3ccncc3)no2)C1c1ccc(F)cc1. The van der Waals surface area contributed by atoms with Crippen LogP contribution in [-0.2, 0) is 11.3 Å². The normalized spacial score (nSPS) is 17.9. The topological polar surface area (TPSA) is 71.3 Å². The molecule has 6 nitrogen and oxygen atoms in total. The van der Waals surface area contributed by atoms with E-state index in [2.05, 4.69) is 15.5 Å². The fourth-order valence-electron chi connectivity index (χ4n) is 3.14. The number of amides is 1. The summed E-state index contributed by atoms with van der Waals surface area (Å²) in [7, 11) is 0. The van der Waals surface area contributed by atoms with Crippen LogP contribution in [0.4, 0.5) is 4.39 Å². The van der Waals surface area contributed by atoms with Crippen molar-refractivity contribution < 1.29 is 13.7 Å². The van der Waals surface area contributed by atoms with Crippen LogP contribution in [0.5, 0.6) is 0 Å². The molecule has 1 aliphatic heterocycles. The van der Waals surface area contributed by atoms with E-state index in [1.165, 1.54) is 12.1 Å². The molecule has 0 spiro atoms. The molecular formula is C19H17FN4O2. The highest BCUT2D eigenvalue weighted by atomic mass is 19.1. The molecule has 1 amide bonds. The average Bonchev–Trinajstić information content (AvgIpc) is 3.12. The summed E-state index contributed by atoms with van der Waals surface area (Å²) in [6, 6.07) is 11.1. The van der Waals surface area contributed by atoms with Gasteiger partial charge < -0.3 is 9.84 Å². The summed E-state index contributed by atoms with van der Waals surface area (Å²) in [5.74, 6) is 0.240. The van der Waals surface area contributed by atoms with Gasteiger partial charge in [0.1, 0.15) is 17.6 Å². The van der Waals surface area contributed by atoms with Crippen LogP contribution in [0, 0.1) is 5.82 Å². The number of hydrogen-bond donors (Lipinski definition) is 1. The molecule has 26 heavy (non-hydrogen) atoms. The highest BCUT2D eigenvalue weighted by Gasteiger charge is 2.31. The zero-order chi connectivity index (χ0) is 17.9. The molecule has 0 radical (unpaired) electrons. The first kappa shape index (κ1) is 16.4. The Balaban J connectivity index is 1.56. The summed E-state index contributed by atoms with van der Waals surface area (Å²) in [4.78, 5) is 18.4. The predicted octanol–water partition coefficient (Wildman–Crippen LogP) is 2.55. The number of pyridine rings is 1. The van der Waals surface area contributed by atoms with E-state index in [-0.39, 0.29) is 11.7 Å². The lowest BCUT2D eigenvalue weighted by atomic mass is 10.0. The van der Waals surface area contributed by atoms with Crippen molar-refractivity contribution in [3.05, 3.63) is 72.0 Å². The lowest BCUT2D eigenvalue weighted by Gasteiger charge is -2.34. The number of halogens is 1. The summed E-state index contributed by atoms with van der Waals surface area (Å²) < 4.78 is 18.7. The minimum atomic E-state index is -0.487. The molecule has 132 valence electrons. The molecule has 4 rings (SSSR count). The molecule has 0 saturated carbocycles. The molecule has 1 N–H and O–H groups in total. The fourth-order valence-corrected chi connectivity index (χ4v) is 3.14. The van der Waals surface area contributed by atoms with Crippen LogP contribution in [-0.4, -0.2) is 34.0 Å². The van der Waals surface area contributed by atoms with E-state index in [4.69, 9.17) is 4.52 Å². The van der Waals surface area contributed by atoms with Gasteiger partial charge in [0, 0.05) is 37.1 Å². The number of benzene rings is 1. The molecule has 1 fully saturated rings. The highest BCUT2D eigenvalue weighted by Crippen LogP contribution is 2.26. The molecule has 1 atom stereocenters. The number of hydrogen-bond acceptors (Lipinski definition) is 5. The number of piperazine rings is 1. The van der Waals surface area contributed by atoms with E-state index in [0.717, 1.165) is 16.8 Å². The Morgan fingerprint density at radius 2 is 1.96 bits per heavy atom. The Labute approximate surface area is 149 Å². The third-order valence-electron chi connectivity index (χ3n) is 4.39. The molecule has 2 aromatic heterocycles. The Morgan fingerprint density at radius 1 is 1.19 bits per heavy atom. The van der Waals surface area contributed by atoms with Gasteiger partial charge in [0.05, 0.1) is 6.54 Å². The third-order valence-corrected chi connectivity index (χ3v) is 4.39. The van der Waals surface area contributed by atoms with Gasteiger partial charge in [-0.15, -0.1) is 0 Å². The summed E-state index contributed by atoms with van der Waals surface area (Å²) >= 11 is 0. The maximum absolute atomic E-state index is 13.2. The van der Waals surface area contributed by atoms with Crippen molar-refractivity contribution in [2.45, 2.75) is 12.6 Å². The zero-order valence-corrected chi connectivity index (χ0v) is 13.9. The maximum atomic E-state index is 13.2. The van der Waals surface area contributed by atoms with Gasteiger partial charge in [-0.2, -0.15) is 0 Å². The highest BCUT2D eigenvalue weighted by molar-refractivity contribution is 5.83. The van der Waals surface area contributed by atoms with Gasteiger partial charge in [0.15, 0.2) is 5.76 Å². The minimum absolute atomic E-state index is 0.100. The molecule has 7 heteroatoms. The van der Waals surface area contributed by atoms with Crippen LogP contribution in [0.15, 0.2) is 59.4 Å². The summed E-state index contributed by atoms with van der Waals surface area (Å²) in [5, 5.41) is 6.97. The molecule has 1 aliphatic rings. The van der Waals surface area contributed by atoms with Crippen molar-refractivity contribution in [1.82, 2.24) is 20.4 Å². The van der Waals surface area contributed by atoms with Crippen molar-refractivity contribution in [1.29, 1.82) is 0 Å². The molecular weight excluding hydrogens is 335 g/mol. The minimum Gasteiger partial charge on any atom is -0.359 e. The first-order chi connectivity index (χ1) is 12.7. The average molecular weight is 352 g/mol. The van der Waals surface area contributed by atoms with Crippen LogP contribution in [0.2, 0.25) is 0 Å². The molecule has 3 heterocycles. The smallest absolute Gasteiger partial charge is 0.242 e. The fraction of sp³-hybridized carbons (Fsp3) is 0.211. The number of carbonyl (C=O) groups is 1. The summed E-state index contributed by atoms with van der Waals surface area (Å²) in [6.07, 6.45) is 3.40. The second kappa shape index (κ2) is 7.05. The molecule has 3 aromatic rings. The van der Waals surface area contributed by atoms with Gasteiger partial charge in [-0.1, -0.05) is 17.3 Å². The van der Waals surface area contributed by atoms with Crippen LogP contribution in [0.3, 0.4) is 0 Å². The molecule has 1 aromatic carbocycles. The van der Waals surface area contributed by atoms with Crippen molar-refractivity contribution in [2.24, 2.45) is 0 Å². The predicted molar refractivity (Wildman–Crippen MR) is 92.3 cm³/mol. The van der Waals surface area contributed by atoms with E-state index in [9.17, 15) is 9.18 Å². The molecule has 0 bridgehead atoms. The molecule has 0 aliphatic carbocycles. The Hall–Kier alpha value is -3.06. The van der Waals surface area contributed by atoms with Crippen molar-refractivity contribution >= 4 is 5.91 Å². The monoisotopic (exact) mass is 352 g/mol. The number of carbonyl (C=O) groups excluding carboxylic acids is 1. The van der Waals surface area contributed by atoms with Crippen molar-refractivity contribution in [3.63, 3.8) is 0 Å². The third kappa shape index (κ3) is 3.34. The Morgan fingerprint density at radius 3 is 2.73 bits per heavy atom. The van der Waals surface area contributed by atoms with Crippen LogP contribution >= 0.6 is 0 Å². The summed E-state index contributed by atoms with van der Waals surface area (Å²) in [6.45, 7) is 1.66. The number of nitrogens with zero attached hydrogens (tertiary/aromatic N) is 3. The van der Waals surface area contributed by atoms with Gasteiger partial charge in [0.25, 0.3) is 0 Å². The molecule has 1 saturated heterocycles. The number of rotatable bonds is 4. The number of nitrogens with one attached hydrogen (secondary N) is 1. The standard InChI is InChI=1S/C19H17FN4O2/c20-15-3-1-14(2-4-15)18-19(25)22-9-10-24(18)12-16-11-17(23-26-16)13-5-7-21-8-6-13/h1-8,11,18H,9-10,12H2,(H,22,25). The van der Waals surface area contributed by atoms with E-state index >= 15 is 0 Å². The van der Waals surface area contributed by atoms with Gasteiger partial charge in [0.2, 0.25) is 5.91 Å². The van der Waals surface area contributed by atoms with Crippen molar-refractivity contribution in [3.8, 4) is 11.3 Å². The van der Waals surface area contributed by atoms with E-state index in [1.54, 1.807) is 24.5 Å². The number of aromatic nitrogens is 2. The van der Waals surface area contributed by atoms with E-state index < -0.39 is 6.04 Å². The first-order valence-corrected chi connectivity index (χ1v) is 8.34. The Bertz CT molecular complexity index is 895. The van der Waals surface area contributed by atoms with Crippen LogP contribution in [0.25, 0.3) is 11.3 Å². The van der Waals surface area contributed by atoms with Gasteiger partial charge in [-0.25, -0.2) is 4.39 Å². The maximum Gasteiger partial charge on any atom is 0.242 e. The van der Waals surface area contributed by atoms with E-state index in [1.807, 2.05) is 23.1 Å². The first-order valence-electron chi connectivity index (χ1n) is 8.34. The Kier molecular flexibility index (Phi) is 4.45. The van der Waals surface area contributed by atoms with Crippen molar-refractivity contribution in [2.75, 3.05) is 13.1 Å². The zero-order valence-electron chi connectivity index (χ0n) is 13.9.